The van der Waals surface area contributed by atoms with Crippen LogP contribution in [0.2, 0.25) is 0 Å². The Morgan fingerprint density at radius 1 is 1.19 bits per heavy atom. The van der Waals surface area contributed by atoms with E-state index < -0.39 is 0 Å². The number of rotatable bonds is 2. The van der Waals surface area contributed by atoms with E-state index in [1.807, 2.05) is 36.4 Å². The number of nitriles is 2. The Bertz CT molecular complexity index is 914. The first kappa shape index (κ1) is 13.3. The average molecular weight is 338 g/mol. The molecular formula is C15H8BrN5. The SMILES string of the molecule is N#Cc1ncn(Cc2cc(Br)cc3cccnc23)c1C#N. The van der Waals surface area contributed by atoms with Crippen molar-refractivity contribution in [3.63, 3.8) is 0 Å². The highest BCUT2D eigenvalue weighted by atomic mass is 79.9. The number of imidazole rings is 1. The van der Waals surface area contributed by atoms with Crippen LogP contribution < -0.4 is 0 Å². The van der Waals surface area contributed by atoms with E-state index in [1.54, 1.807) is 10.8 Å². The predicted molar refractivity (Wildman–Crippen MR) is 80.2 cm³/mol. The molecule has 0 unspecified atom stereocenters. The summed E-state index contributed by atoms with van der Waals surface area (Å²) in [7, 11) is 0. The van der Waals surface area contributed by atoms with E-state index >= 15 is 0 Å². The van der Waals surface area contributed by atoms with Crippen molar-refractivity contribution in [2.45, 2.75) is 6.54 Å². The van der Waals surface area contributed by atoms with Crippen molar-refractivity contribution in [3.05, 3.63) is 58.2 Å². The third-order valence-corrected chi connectivity index (χ3v) is 3.60. The molecule has 0 radical (unpaired) electrons. The van der Waals surface area contributed by atoms with Crippen LogP contribution in [0.1, 0.15) is 17.0 Å². The Morgan fingerprint density at radius 3 is 2.81 bits per heavy atom. The van der Waals surface area contributed by atoms with Crippen molar-refractivity contribution >= 4 is 26.8 Å². The Balaban J connectivity index is 2.13. The van der Waals surface area contributed by atoms with Crippen molar-refractivity contribution in [2.24, 2.45) is 0 Å². The Labute approximate surface area is 129 Å². The lowest BCUT2D eigenvalue weighted by molar-refractivity contribution is 0.788. The highest BCUT2D eigenvalue weighted by Crippen LogP contribution is 2.24. The summed E-state index contributed by atoms with van der Waals surface area (Å²) in [6.07, 6.45) is 3.24. The van der Waals surface area contributed by atoms with E-state index in [1.165, 1.54) is 6.33 Å². The molecule has 1 aromatic carbocycles. The molecule has 0 aliphatic carbocycles. The van der Waals surface area contributed by atoms with E-state index in [9.17, 15) is 5.26 Å². The fraction of sp³-hybridized carbons (Fsp3) is 0.0667. The second-order valence-corrected chi connectivity index (χ2v) is 5.35. The van der Waals surface area contributed by atoms with Gasteiger partial charge in [0.2, 0.25) is 0 Å². The number of aromatic nitrogens is 3. The summed E-state index contributed by atoms with van der Waals surface area (Å²) in [5.74, 6) is 0. The first-order valence-electron chi connectivity index (χ1n) is 6.11. The Morgan fingerprint density at radius 2 is 2.05 bits per heavy atom. The van der Waals surface area contributed by atoms with Gasteiger partial charge in [-0.15, -0.1) is 0 Å². The van der Waals surface area contributed by atoms with Crippen LogP contribution in [-0.4, -0.2) is 14.5 Å². The third kappa shape index (κ3) is 2.37. The van der Waals surface area contributed by atoms with Crippen LogP contribution in [0.25, 0.3) is 10.9 Å². The quantitative estimate of drug-likeness (QED) is 0.720. The predicted octanol–water partition coefficient (Wildman–Crippen LogP) is 2.99. The molecule has 0 N–H and O–H groups in total. The lowest BCUT2D eigenvalue weighted by atomic mass is 10.1. The van der Waals surface area contributed by atoms with Crippen LogP contribution in [0, 0.1) is 22.7 Å². The molecule has 3 rings (SSSR count). The molecule has 5 nitrogen and oxygen atoms in total. The first-order chi connectivity index (χ1) is 10.2. The molecule has 6 heteroatoms. The normalized spacial score (nSPS) is 10.2. The van der Waals surface area contributed by atoms with Gasteiger partial charge >= 0.3 is 0 Å². The number of hydrogen-bond donors (Lipinski definition) is 0. The molecule has 0 amide bonds. The molecule has 0 atom stereocenters. The van der Waals surface area contributed by atoms with Gasteiger partial charge in [-0.1, -0.05) is 22.0 Å². The van der Waals surface area contributed by atoms with E-state index in [2.05, 4.69) is 25.9 Å². The summed E-state index contributed by atoms with van der Waals surface area (Å²) >= 11 is 3.48. The van der Waals surface area contributed by atoms with Gasteiger partial charge in [-0.3, -0.25) is 4.98 Å². The standard InChI is InChI=1S/C15H8BrN5/c16-12-4-10-2-1-3-19-15(10)11(5-12)8-21-9-20-13(6-17)14(21)7-18/h1-5,9H,8H2. The molecule has 0 aliphatic rings. The van der Waals surface area contributed by atoms with Crippen molar-refractivity contribution < 1.29 is 0 Å². The van der Waals surface area contributed by atoms with Gasteiger partial charge in [0.25, 0.3) is 0 Å². The summed E-state index contributed by atoms with van der Waals surface area (Å²) in [6.45, 7) is 0.435. The highest BCUT2D eigenvalue weighted by Gasteiger charge is 2.12. The number of nitrogens with zero attached hydrogens (tertiary/aromatic N) is 5. The number of benzene rings is 1. The van der Waals surface area contributed by atoms with E-state index in [0.717, 1.165) is 20.9 Å². The average Bonchev–Trinajstić information content (AvgIpc) is 2.88. The van der Waals surface area contributed by atoms with Crippen molar-refractivity contribution in [1.29, 1.82) is 10.5 Å². The van der Waals surface area contributed by atoms with Gasteiger partial charge < -0.3 is 4.57 Å². The number of hydrogen-bond acceptors (Lipinski definition) is 4. The molecule has 0 saturated carbocycles. The molecular weight excluding hydrogens is 330 g/mol. The van der Waals surface area contributed by atoms with Gasteiger partial charge in [0.15, 0.2) is 11.4 Å². The van der Waals surface area contributed by atoms with Gasteiger partial charge in [-0.2, -0.15) is 10.5 Å². The van der Waals surface area contributed by atoms with Crippen molar-refractivity contribution in [3.8, 4) is 12.1 Å². The zero-order chi connectivity index (χ0) is 14.8. The van der Waals surface area contributed by atoms with Crippen LogP contribution >= 0.6 is 15.9 Å². The first-order valence-corrected chi connectivity index (χ1v) is 6.90. The summed E-state index contributed by atoms with van der Waals surface area (Å²) in [6, 6.07) is 11.8. The molecule has 3 aromatic rings. The molecule has 2 heterocycles. The summed E-state index contributed by atoms with van der Waals surface area (Å²) < 4.78 is 2.60. The minimum atomic E-state index is 0.143. The molecule has 0 fully saturated rings. The van der Waals surface area contributed by atoms with Gasteiger partial charge in [-0.25, -0.2) is 4.98 Å². The summed E-state index contributed by atoms with van der Waals surface area (Å²) in [4.78, 5) is 8.35. The van der Waals surface area contributed by atoms with Crippen LogP contribution in [-0.2, 0) is 6.54 Å². The van der Waals surface area contributed by atoms with Crippen molar-refractivity contribution in [2.75, 3.05) is 0 Å². The topological polar surface area (TPSA) is 78.3 Å². The minimum absolute atomic E-state index is 0.143. The fourth-order valence-electron chi connectivity index (χ4n) is 2.23. The van der Waals surface area contributed by atoms with E-state index in [0.29, 0.717) is 6.54 Å². The van der Waals surface area contributed by atoms with Crippen LogP contribution in [0.15, 0.2) is 41.3 Å². The molecule has 0 aliphatic heterocycles. The number of pyridine rings is 1. The molecule has 2 aromatic heterocycles. The monoisotopic (exact) mass is 337 g/mol. The number of fused-ring (bicyclic) bond motifs is 1. The zero-order valence-corrected chi connectivity index (χ0v) is 12.4. The van der Waals surface area contributed by atoms with E-state index in [4.69, 9.17) is 5.26 Å². The molecule has 0 saturated heterocycles. The second-order valence-electron chi connectivity index (χ2n) is 4.43. The second kappa shape index (κ2) is 5.35. The lowest BCUT2D eigenvalue weighted by Crippen LogP contribution is -2.03. The number of halogens is 1. The third-order valence-electron chi connectivity index (χ3n) is 3.14. The van der Waals surface area contributed by atoms with Crippen molar-refractivity contribution in [1.82, 2.24) is 14.5 Å². The van der Waals surface area contributed by atoms with Crippen LogP contribution in [0.3, 0.4) is 0 Å². The maximum atomic E-state index is 9.18. The highest BCUT2D eigenvalue weighted by molar-refractivity contribution is 9.10. The van der Waals surface area contributed by atoms with Gasteiger partial charge in [0.1, 0.15) is 12.1 Å². The Kier molecular flexibility index (Phi) is 3.39. The van der Waals surface area contributed by atoms with Gasteiger partial charge in [-0.05, 0) is 23.8 Å². The maximum Gasteiger partial charge on any atom is 0.176 e. The minimum Gasteiger partial charge on any atom is -0.317 e. The lowest BCUT2D eigenvalue weighted by Gasteiger charge is -2.08. The Hall–Kier alpha value is -2.70. The van der Waals surface area contributed by atoms with Crippen LogP contribution in [0.5, 0.6) is 0 Å². The van der Waals surface area contributed by atoms with Crippen LogP contribution in [0.4, 0.5) is 0 Å². The molecule has 0 spiro atoms. The smallest absolute Gasteiger partial charge is 0.176 e. The largest absolute Gasteiger partial charge is 0.317 e. The molecule has 21 heavy (non-hydrogen) atoms. The fourth-order valence-corrected chi connectivity index (χ4v) is 2.76. The summed E-state index contributed by atoms with van der Waals surface area (Å²) in [5.41, 5.74) is 2.24. The zero-order valence-electron chi connectivity index (χ0n) is 10.8. The molecule has 100 valence electrons. The van der Waals surface area contributed by atoms with Gasteiger partial charge in [0, 0.05) is 16.1 Å². The van der Waals surface area contributed by atoms with E-state index in [-0.39, 0.29) is 11.4 Å². The molecule has 0 bridgehead atoms. The van der Waals surface area contributed by atoms with Gasteiger partial charge in [0.05, 0.1) is 18.4 Å². The maximum absolute atomic E-state index is 9.18. The summed E-state index contributed by atoms with van der Waals surface area (Å²) in [5, 5.41) is 19.1.